The summed E-state index contributed by atoms with van der Waals surface area (Å²) >= 11 is 0. The standard InChI is InChI=1S/C9H8F2N2O/c10-9(11,5-14)8-6-3-1-2-4-7(6)12-13-8/h1-4,14H,5H2,(H,12,13). The minimum Gasteiger partial charge on any atom is -0.390 e. The van der Waals surface area contributed by atoms with Crippen molar-refractivity contribution in [3.8, 4) is 0 Å². The molecule has 14 heavy (non-hydrogen) atoms. The number of halogens is 2. The maximum Gasteiger partial charge on any atom is 0.312 e. The maximum absolute atomic E-state index is 13.1. The number of fused-ring (bicyclic) bond motifs is 1. The van der Waals surface area contributed by atoms with E-state index in [9.17, 15) is 8.78 Å². The van der Waals surface area contributed by atoms with Gasteiger partial charge in [0.15, 0.2) is 0 Å². The number of hydrogen-bond acceptors (Lipinski definition) is 2. The minimum absolute atomic E-state index is 0.337. The fourth-order valence-corrected chi connectivity index (χ4v) is 1.32. The summed E-state index contributed by atoms with van der Waals surface area (Å²) in [7, 11) is 0. The number of para-hydroxylation sites is 1. The first-order valence-corrected chi connectivity index (χ1v) is 4.07. The largest absolute Gasteiger partial charge is 0.390 e. The molecule has 1 aromatic carbocycles. The second kappa shape index (κ2) is 3.02. The zero-order chi connectivity index (χ0) is 10.2. The number of hydrogen-bond donors (Lipinski definition) is 2. The third kappa shape index (κ3) is 1.26. The average molecular weight is 198 g/mol. The van der Waals surface area contributed by atoms with Crippen molar-refractivity contribution >= 4 is 10.9 Å². The highest BCUT2D eigenvalue weighted by molar-refractivity contribution is 5.81. The number of benzene rings is 1. The summed E-state index contributed by atoms with van der Waals surface area (Å²) in [6.45, 7) is -1.22. The Bertz CT molecular complexity index is 453. The first-order chi connectivity index (χ1) is 6.65. The molecule has 0 aliphatic carbocycles. The summed E-state index contributed by atoms with van der Waals surface area (Å²) in [5, 5.41) is 14.8. The molecule has 0 spiro atoms. The zero-order valence-corrected chi connectivity index (χ0v) is 7.17. The van der Waals surface area contributed by atoms with Crippen molar-refractivity contribution in [2.45, 2.75) is 5.92 Å². The van der Waals surface area contributed by atoms with Crippen LogP contribution < -0.4 is 0 Å². The van der Waals surface area contributed by atoms with Crippen molar-refractivity contribution in [2.75, 3.05) is 6.61 Å². The van der Waals surface area contributed by atoms with E-state index >= 15 is 0 Å². The summed E-state index contributed by atoms with van der Waals surface area (Å²) in [5.41, 5.74) is 0.131. The third-order valence-corrected chi connectivity index (χ3v) is 2.03. The third-order valence-electron chi connectivity index (χ3n) is 2.03. The molecule has 0 amide bonds. The number of H-pyrrole nitrogens is 1. The Morgan fingerprint density at radius 1 is 1.36 bits per heavy atom. The van der Waals surface area contributed by atoms with Gasteiger partial charge >= 0.3 is 5.92 Å². The Hall–Kier alpha value is -1.49. The highest BCUT2D eigenvalue weighted by Crippen LogP contribution is 2.30. The van der Waals surface area contributed by atoms with Gasteiger partial charge in [-0.1, -0.05) is 18.2 Å². The number of nitrogens with zero attached hydrogens (tertiary/aromatic N) is 1. The molecule has 0 aliphatic rings. The van der Waals surface area contributed by atoms with Gasteiger partial charge in [0.1, 0.15) is 12.3 Å². The molecule has 0 radical (unpaired) electrons. The molecule has 0 atom stereocenters. The van der Waals surface area contributed by atoms with Crippen molar-refractivity contribution < 1.29 is 13.9 Å². The highest BCUT2D eigenvalue weighted by Gasteiger charge is 2.34. The van der Waals surface area contributed by atoms with Gasteiger partial charge in [-0.2, -0.15) is 13.9 Å². The van der Waals surface area contributed by atoms with Crippen LogP contribution in [0.2, 0.25) is 0 Å². The lowest BCUT2D eigenvalue weighted by atomic mass is 10.1. The molecule has 1 aromatic heterocycles. The van der Waals surface area contributed by atoms with Crippen LogP contribution in [0.3, 0.4) is 0 Å². The number of rotatable bonds is 2. The van der Waals surface area contributed by atoms with Crippen LogP contribution in [0.15, 0.2) is 24.3 Å². The molecule has 2 aromatic rings. The fraction of sp³-hybridized carbons (Fsp3) is 0.222. The van der Waals surface area contributed by atoms with E-state index in [0.717, 1.165) is 0 Å². The Morgan fingerprint density at radius 2 is 2.07 bits per heavy atom. The quantitative estimate of drug-likeness (QED) is 0.770. The van der Waals surface area contributed by atoms with E-state index in [4.69, 9.17) is 5.11 Å². The van der Waals surface area contributed by atoms with E-state index in [1.807, 2.05) is 0 Å². The number of nitrogens with one attached hydrogen (secondary N) is 1. The van der Waals surface area contributed by atoms with Gasteiger partial charge in [-0.3, -0.25) is 5.10 Å². The second-order valence-corrected chi connectivity index (χ2v) is 2.98. The van der Waals surface area contributed by atoms with Crippen LogP contribution in [-0.4, -0.2) is 21.9 Å². The molecule has 0 fully saturated rings. The SMILES string of the molecule is OCC(F)(F)c1[nH]nc2ccccc12. The van der Waals surface area contributed by atoms with Gasteiger partial charge in [0.2, 0.25) is 0 Å². The van der Waals surface area contributed by atoms with Crippen molar-refractivity contribution in [1.82, 2.24) is 10.2 Å². The van der Waals surface area contributed by atoms with E-state index in [0.29, 0.717) is 10.9 Å². The molecule has 2 N–H and O–H groups in total. The molecule has 0 saturated carbocycles. The molecule has 1 heterocycles. The fourth-order valence-electron chi connectivity index (χ4n) is 1.32. The molecular formula is C9H8F2N2O. The smallest absolute Gasteiger partial charge is 0.312 e. The Morgan fingerprint density at radius 3 is 2.79 bits per heavy atom. The molecule has 0 bridgehead atoms. The van der Waals surface area contributed by atoms with Gasteiger partial charge < -0.3 is 5.11 Å². The Labute approximate surface area is 78.4 Å². The lowest BCUT2D eigenvalue weighted by Gasteiger charge is -2.10. The maximum atomic E-state index is 13.1. The van der Waals surface area contributed by atoms with Crippen LogP contribution in [-0.2, 0) is 5.92 Å². The van der Waals surface area contributed by atoms with E-state index in [1.54, 1.807) is 18.2 Å². The highest BCUT2D eigenvalue weighted by atomic mass is 19.3. The molecule has 0 aliphatic heterocycles. The molecule has 0 unspecified atom stereocenters. The summed E-state index contributed by atoms with van der Waals surface area (Å²) in [5.74, 6) is -3.27. The number of aromatic nitrogens is 2. The van der Waals surface area contributed by atoms with Crippen molar-refractivity contribution in [3.63, 3.8) is 0 Å². The molecule has 2 rings (SSSR count). The summed E-state index contributed by atoms with van der Waals surface area (Å²) in [6, 6.07) is 6.53. The molecule has 0 saturated heterocycles. The summed E-state index contributed by atoms with van der Waals surface area (Å²) in [4.78, 5) is 0. The number of alkyl halides is 2. The summed E-state index contributed by atoms with van der Waals surface area (Å²) in [6.07, 6.45) is 0. The monoisotopic (exact) mass is 198 g/mol. The average Bonchev–Trinajstić information content (AvgIpc) is 2.61. The Balaban J connectivity index is 2.64. The number of aromatic amines is 1. The molecular weight excluding hydrogens is 190 g/mol. The predicted octanol–water partition coefficient (Wildman–Crippen LogP) is 1.65. The van der Waals surface area contributed by atoms with Crippen molar-refractivity contribution in [1.29, 1.82) is 0 Å². The van der Waals surface area contributed by atoms with Crippen LogP contribution in [0.4, 0.5) is 8.78 Å². The van der Waals surface area contributed by atoms with Gasteiger partial charge in [-0.15, -0.1) is 0 Å². The van der Waals surface area contributed by atoms with Gasteiger partial charge in [-0.25, -0.2) is 0 Å². The van der Waals surface area contributed by atoms with Gasteiger partial charge in [-0.05, 0) is 6.07 Å². The lowest BCUT2D eigenvalue weighted by Crippen LogP contribution is -2.19. The predicted molar refractivity (Wildman–Crippen MR) is 47.1 cm³/mol. The van der Waals surface area contributed by atoms with Gasteiger partial charge in [0.05, 0.1) is 5.52 Å². The Kier molecular flexibility index (Phi) is 1.96. The van der Waals surface area contributed by atoms with E-state index in [1.165, 1.54) is 6.07 Å². The van der Waals surface area contributed by atoms with E-state index in [-0.39, 0.29) is 5.69 Å². The number of aliphatic hydroxyl groups is 1. The van der Waals surface area contributed by atoms with Crippen LogP contribution >= 0.6 is 0 Å². The summed E-state index contributed by atoms with van der Waals surface area (Å²) < 4.78 is 26.3. The van der Waals surface area contributed by atoms with Crippen LogP contribution in [0.5, 0.6) is 0 Å². The van der Waals surface area contributed by atoms with E-state index < -0.39 is 12.5 Å². The normalized spacial score (nSPS) is 12.2. The van der Waals surface area contributed by atoms with Gasteiger partial charge in [0, 0.05) is 5.39 Å². The molecule has 3 nitrogen and oxygen atoms in total. The van der Waals surface area contributed by atoms with Gasteiger partial charge in [0.25, 0.3) is 0 Å². The van der Waals surface area contributed by atoms with Crippen molar-refractivity contribution in [2.24, 2.45) is 0 Å². The van der Waals surface area contributed by atoms with E-state index in [2.05, 4.69) is 10.2 Å². The van der Waals surface area contributed by atoms with Crippen LogP contribution in [0.25, 0.3) is 10.9 Å². The van der Waals surface area contributed by atoms with Crippen molar-refractivity contribution in [3.05, 3.63) is 30.0 Å². The first-order valence-electron chi connectivity index (χ1n) is 4.07. The second-order valence-electron chi connectivity index (χ2n) is 2.98. The zero-order valence-electron chi connectivity index (χ0n) is 7.17. The number of aliphatic hydroxyl groups excluding tert-OH is 1. The molecule has 74 valence electrons. The minimum atomic E-state index is -3.27. The first kappa shape index (κ1) is 9.08. The van der Waals surface area contributed by atoms with Crippen LogP contribution in [0, 0.1) is 0 Å². The lowest BCUT2D eigenvalue weighted by molar-refractivity contribution is -0.0580. The topological polar surface area (TPSA) is 48.9 Å². The molecule has 5 heteroatoms. The van der Waals surface area contributed by atoms with Crippen LogP contribution in [0.1, 0.15) is 5.69 Å².